The average molecular weight is 396 g/mol. The van der Waals surface area contributed by atoms with Crippen LogP contribution in [-0.4, -0.2) is 28.9 Å². The van der Waals surface area contributed by atoms with E-state index in [4.69, 9.17) is 4.74 Å². The molecule has 28 heavy (non-hydrogen) atoms. The molecule has 0 bridgehead atoms. The molecule has 1 aliphatic heterocycles. The Morgan fingerprint density at radius 3 is 2.61 bits per heavy atom. The monoisotopic (exact) mass is 395 g/mol. The first-order valence-electron chi connectivity index (χ1n) is 9.67. The number of nitrogens with one attached hydrogen (secondary N) is 2. The van der Waals surface area contributed by atoms with Gasteiger partial charge >= 0.3 is 0 Å². The number of hydrogen-bond acceptors (Lipinski definition) is 5. The first-order chi connectivity index (χ1) is 13.8. The van der Waals surface area contributed by atoms with Gasteiger partial charge in [0.25, 0.3) is 5.91 Å². The molecule has 1 aliphatic carbocycles. The number of hydrazine groups is 1. The molecule has 146 valence electrons. The summed E-state index contributed by atoms with van der Waals surface area (Å²) in [6.07, 6.45) is 3.08. The number of thioether (sulfide) groups is 1. The minimum Gasteiger partial charge on any atom is -0.371 e. The van der Waals surface area contributed by atoms with E-state index in [1.165, 1.54) is 0 Å². The molecule has 2 aromatic carbocycles. The molecule has 4 rings (SSSR count). The van der Waals surface area contributed by atoms with E-state index < -0.39 is 0 Å². The molecule has 1 amide bonds. The lowest BCUT2D eigenvalue weighted by Crippen LogP contribution is -2.44. The van der Waals surface area contributed by atoms with Crippen molar-refractivity contribution in [1.29, 1.82) is 0 Å². The number of nitrogens with zero attached hydrogens (tertiary/aromatic N) is 1. The van der Waals surface area contributed by atoms with Gasteiger partial charge in [0.05, 0.1) is 30.3 Å². The van der Waals surface area contributed by atoms with Crippen molar-refractivity contribution in [3.8, 4) is 0 Å². The summed E-state index contributed by atoms with van der Waals surface area (Å²) in [6, 6.07) is 20.1. The molecule has 2 atom stereocenters. The zero-order valence-electron chi connectivity index (χ0n) is 15.7. The van der Waals surface area contributed by atoms with Crippen molar-refractivity contribution in [2.75, 3.05) is 11.3 Å². The summed E-state index contributed by atoms with van der Waals surface area (Å²) in [5.41, 5.74) is 6.09. The van der Waals surface area contributed by atoms with Crippen LogP contribution in [0.15, 0.2) is 71.8 Å². The van der Waals surface area contributed by atoms with E-state index in [1.807, 2.05) is 58.9 Å². The molecular weight excluding hydrogens is 370 g/mol. The zero-order valence-corrected chi connectivity index (χ0v) is 16.5. The summed E-state index contributed by atoms with van der Waals surface area (Å²) < 4.78 is 6.12. The van der Waals surface area contributed by atoms with Gasteiger partial charge in [0.15, 0.2) is 0 Å². The number of carbonyl (C=O) groups excluding carboxylic acids is 1. The number of benzene rings is 2. The van der Waals surface area contributed by atoms with Gasteiger partial charge in [-0.3, -0.25) is 15.2 Å². The van der Waals surface area contributed by atoms with Crippen molar-refractivity contribution in [1.82, 2.24) is 10.3 Å². The smallest absolute Gasteiger partial charge is 0.270 e. The van der Waals surface area contributed by atoms with Crippen LogP contribution in [0.3, 0.4) is 0 Å². The fraction of sp³-hybridized carbons (Fsp3) is 0.318. The highest BCUT2D eigenvalue weighted by Gasteiger charge is 2.32. The Morgan fingerprint density at radius 1 is 1.07 bits per heavy atom. The Hall–Kier alpha value is -2.44. The van der Waals surface area contributed by atoms with Crippen LogP contribution in [0.5, 0.6) is 0 Å². The summed E-state index contributed by atoms with van der Waals surface area (Å²) in [5, 5.41) is 7.01. The van der Waals surface area contributed by atoms with Crippen LogP contribution >= 0.6 is 11.8 Å². The van der Waals surface area contributed by atoms with E-state index in [1.54, 1.807) is 11.8 Å². The largest absolute Gasteiger partial charge is 0.371 e. The molecule has 1 fully saturated rings. The minimum absolute atomic E-state index is 0.0476. The number of para-hydroxylation sites is 1. The summed E-state index contributed by atoms with van der Waals surface area (Å²) in [6.45, 7) is 0.581. The van der Waals surface area contributed by atoms with E-state index in [2.05, 4.69) is 22.9 Å². The van der Waals surface area contributed by atoms with Crippen LogP contribution in [0.2, 0.25) is 0 Å². The molecule has 0 radical (unpaired) electrons. The predicted molar refractivity (Wildman–Crippen MR) is 113 cm³/mol. The van der Waals surface area contributed by atoms with E-state index in [0.29, 0.717) is 18.2 Å². The van der Waals surface area contributed by atoms with Gasteiger partial charge < -0.3 is 10.1 Å². The molecule has 0 saturated heterocycles. The maximum Gasteiger partial charge on any atom is 0.270 e. The molecular formula is C22H25N3O2S. The quantitative estimate of drug-likeness (QED) is 0.739. The van der Waals surface area contributed by atoms with Crippen LogP contribution in [0.1, 0.15) is 24.8 Å². The number of carbonyl (C=O) groups is 1. The van der Waals surface area contributed by atoms with Crippen LogP contribution in [0.25, 0.3) is 0 Å². The maximum absolute atomic E-state index is 12.9. The third-order valence-corrected chi connectivity index (χ3v) is 5.83. The van der Waals surface area contributed by atoms with Crippen molar-refractivity contribution >= 4 is 23.4 Å². The van der Waals surface area contributed by atoms with Gasteiger partial charge in [0.1, 0.15) is 5.70 Å². The van der Waals surface area contributed by atoms with Gasteiger partial charge in [-0.1, -0.05) is 48.5 Å². The highest BCUT2D eigenvalue weighted by Crippen LogP contribution is 2.27. The van der Waals surface area contributed by atoms with Crippen molar-refractivity contribution in [2.45, 2.75) is 38.0 Å². The third-order valence-electron chi connectivity index (χ3n) is 5.04. The van der Waals surface area contributed by atoms with Crippen molar-refractivity contribution in [2.24, 2.45) is 0 Å². The first kappa shape index (κ1) is 18.9. The highest BCUT2D eigenvalue weighted by molar-refractivity contribution is 8.02. The maximum atomic E-state index is 12.9. The molecule has 2 N–H and O–H groups in total. The lowest BCUT2D eigenvalue weighted by molar-refractivity contribution is -0.120. The lowest BCUT2D eigenvalue weighted by atomic mass is 10.2. The van der Waals surface area contributed by atoms with Gasteiger partial charge in [0, 0.05) is 5.41 Å². The second kappa shape index (κ2) is 9.17. The number of hydrogen-bond donors (Lipinski definition) is 2. The molecule has 6 heteroatoms. The van der Waals surface area contributed by atoms with Crippen LogP contribution in [0.4, 0.5) is 5.69 Å². The Bertz CT molecular complexity index is 813. The van der Waals surface area contributed by atoms with Crippen molar-refractivity contribution < 1.29 is 9.53 Å². The number of rotatable bonds is 7. The Morgan fingerprint density at radius 2 is 1.82 bits per heavy atom. The van der Waals surface area contributed by atoms with Crippen molar-refractivity contribution in [3.05, 3.63) is 77.3 Å². The molecule has 0 unspecified atom stereocenters. The first-order valence-corrected chi connectivity index (χ1v) is 10.7. The fourth-order valence-corrected chi connectivity index (χ4v) is 4.39. The molecule has 1 saturated carbocycles. The molecule has 2 aliphatic rings. The van der Waals surface area contributed by atoms with Crippen LogP contribution < -0.4 is 10.7 Å². The van der Waals surface area contributed by atoms with Crippen LogP contribution in [-0.2, 0) is 16.1 Å². The minimum atomic E-state index is -0.0476. The Labute approximate surface area is 170 Å². The topological polar surface area (TPSA) is 53.6 Å². The molecule has 0 spiro atoms. The predicted octanol–water partition coefficient (Wildman–Crippen LogP) is 4.12. The number of anilines is 1. The Kier molecular flexibility index (Phi) is 6.19. The lowest BCUT2D eigenvalue weighted by Gasteiger charge is -2.26. The van der Waals surface area contributed by atoms with Gasteiger partial charge in [-0.05, 0) is 37.0 Å². The van der Waals surface area contributed by atoms with Gasteiger partial charge in [-0.15, -0.1) is 11.8 Å². The number of ether oxygens (including phenoxy) is 1. The summed E-state index contributed by atoms with van der Waals surface area (Å²) in [7, 11) is 0. The Balaban J connectivity index is 1.33. The van der Waals surface area contributed by atoms with Gasteiger partial charge in [-0.25, -0.2) is 0 Å². The molecule has 2 aromatic rings. The highest BCUT2D eigenvalue weighted by atomic mass is 32.2. The van der Waals surface area contributed by atoms with Crippen LogP contribution in [0, 0.1) is 0 Å². The SMILES string of the molecule is O=C(N[C@@H]1CCC[C@H]1OCc1ccccc1)C1=CSCN1Nc1ccccc1. The third kappa shape index (κ3) is 4.69. The van der Waals surface area contributed by atoms with E-state index >= 15 is 0 Å². The second-order valence-corrected chi connectivity index (χ2v) is 7.88. The second-order valence-electron chi connectivity index (χ2n) is 7.05. The van der Waals surface area contributed by atoms with Gasteiger partial charge in [0.2, 0.25) is 0 Å². The van der Waals surface area contributed by atoms with E-state index in [9.17, 15) is 4.79 Å². The van der Waals surface area contributed by atoms with E-state index in [0.717, 1.165) is 30.5 Å². The summed E-state index contributed by atoms with van der Waals surface area (Å²) >= 11 is 1.61. The summed E-state index contributed by atoms with van der Waals surface area (Å²) in [4.78, 5) is 12.9. The average Bonchev–Trinajstić information content (AvgIpc) is 3.37. The van der Waals surface area contributed by atoms with Gasteiger partial charge in [-0.2, -0.15) is 0 Å². The number of amides is 1. The summed E-state index contributed by atoms with van der Waals surface area (Å²) in [5.74, 6) is 0.657. The fourth-order valence-electron chi connectivity index (χ4n) is 3.57. The zero-order chi connectivity index (χ0) is 19.2. The molecule has 0 aromatic heterocycles. The van der Waals surface area contributed by atoms with Crippen molar-refractivity contribution in [3.63, 3.8) is 0 Å². The van der Waals surface area contributed by atoms with E-state index in [-0.39, 0.29) is 18.1 Å². The molecule has 1 heterocycles. The molecule has 5 nitrogen and oxygen atoms in total. The standard InChI is InChI=1S/C22H25N3O2S/c26-22(20-15-28-16-25(20)24-18-10-5-2-6-11-18)23-19-12-7-13-21(19)27-14-17-8-3-1-4-9-17/h1-6,8-11,15,19,21,24H,7,12-14,16H2,(H,23,26)/t19-,21-/m1/s1. The normalized spacial score (nSPS) is 21.4.